The van der Waals surface area contributed by atoms with Gasteiger partial charge in [-0.1, -0.05) is 31.3 Å². The van der Waals surface area contributed by atoms with Gasteiger partial charge in [-0.2, -0.15) is 0 Å². The van der Waals surface area contributed by atoms with Crippen LogP contribution in [0.3, 0.4) is 0 Å². The van der Waals surface area contributed by atoms with Gasteiger partial charge in [-0.3, -0.25) is 4.90 Å². The Bertz CT molecular complexity index is 444. The predicted octanol–water partition coefficient (Wildman–Crippen LogP) is 2.01. The highest BCUT2D eigenvalue weighted by Gasteiger charge is 2.25. The van der Waals surface area contributed by atoms with Crippen molar-refractivity contribution in [1.29, 1.82) is 0 Å². The quantitative estimate of drug-likeness (QED) is 0.856. The molecular formula is C14H20FN3S. The molecule has 1 aromatic carbocycles. The Labute approximate surface area is 119 Å². The van der Waals surface area contributed by atoms with Gasteiger partial charge in [0.2, 0.25) is 0 Å². The molecule has 19 heavy (non-hydrogen) atoms. The minimum Gasteiger partial charge on any atom is -0.392 e. The van der Waals surface area contributed by atoms with Crippen molar-refractivity contribution in [2.24, 2.45) is 5.73 Å². The zero-order chi connectivity index (χ0) is 13.8. The number of benzene rings is 1. The van der Waals surface area contributed by atoms with Gasteiger partial charge in [0.15, 0.2) is 0 Å². The van der Waals surface area contributed by atoms with E-state index < -0.39 is 0 Å². The topological polar surface area (TPSA) is 32.5 Å². The summed E-state index contributed by atoms with van der Waals surface area (Å²) < 4.78 is 13.7. The second-order valence-corrected chi connectivity index (χ2v) is 5.27. The molecule has 1 heterocycles. The molecule has 0 saturated carbocycles. The molecule has 0 aliphatic carbocycles. The Morgan fingerprint density at radius 1 is 1.32 bits per heavy atom. The first-order valence-corrected chi connectivity index (χ1v) is 7.07. The summed E-state index contributed by atoms with van der Waals surface area (Å²) in [5.41, 5.74) is 6.45. The van der Waals surface area contributed by atoms with Crippen molar-refractivity contribution < 1.29 is 4.39 Å². The van der Waals surface area contributed by atoms with Crippen molar-refractivity contribution in [1.82, 2.24) is 4.90 Å². The fraction of sp³-hybridized carbons (Fsp3) is 0.500. The third kappa shape index (κ3) is 3.22. The van der Waals surface area contributed by atoms with E-state index in [0.29, 0.717) is 10.7 Å². The molecule has 1 saturated heterocycles. The smallest absolute Gasteiger partial charge is 0.146 e. The van der Waals surface area contributed by atoms with Gasteiger partial charge in [0.1, 0.15) is 5.82 Å². The van der Waals surface area contributed by atoms with Gasteiger partial charge < -0.3 is 10.6 Å². The molecule has 0 spiro atoms. The number of hydrogen-bond donors (Lipinski definition) is 1. The Balaban J connectivity index is 2.00. The van der Waals surface area contributed by atoms with Gasteiger partial charge in [-0.25, -0.2) is 4.39 Å². The van der Waals surface area contributed by atoms with Gasteiger partial charge in [-0.15, -0.1) is 0 Å². The number of halogens is 1. The van der Waals surface area contributed by atoms with Gasteiger partial charge in [0, 0.05) is 26.2 Å². The van der Waals surface area contributed by atoms with E-state index in [9.17, 15) is 4.39 Å². The van der Waals surface area contributed by atoms with Gasteiger partial charge in [-0.05, 0) is 18.6 Å². The van der Waals surface area contributed by atoms with Crippen LogP contribution in [0.1, 0.15) is 13.3 Å². The van der Waals surface area contributed by atoms with E-state index in [1.807, 2.05) is 12.1 Å². The van der Waals surface area contributed by atoms with Crippen LogP contribution in [0.15, 0.2) is 24.3 Å². The molecule has 1 atom stereocenters. The Kier molecular flexibility index (Phi) is 4.71. The van der Waals surface area contributed by atoms with Gasteiger partial charge >= 0.3 is 0 Å². The molecule has 1 unspecified atom stereocenters. The molecule has 0 amide bonds. The number of piperazine rings is 1. The summed E-state index contributed by atoms with van der Waals surface area (Å²) in [5.74, 6) is -0.155. The number of para-hydroxylation sites is 1. The summed E-state index contributed by atoms with van der Waals surface area (Å²) in [5, 5.41) is 0. The number of thiocarbonyl (C=S) groups is 1. The summed E-state index contributed by atoms with van der Waals surface area (Å²) >= 11 is 5.10. The standard InChI is InChI=1S/C14H20FN3S/c1-2-12(14(16)19)17-7-9-18(10-8-17)13-6-4-3-5-11(13)15/h3-6,12H,2,7-10H2,1H3,(H2,16,19). The lowest BCUT2D eigenvalue weighted by Crippen LogP contribution is -2.53. The van der Waals surface area contributed by atoms with Crippen LogP contribution in [-0.2, 0) is 0 Å². The van der Waals surface area contributed by atoms with Crippen LogP contribution in [-0.4, -0.2) is 42.1 Å². The highest BCUT2D eigenvalue weighted by atomic mass is 32.1. The maximum Gasteiger partial charge on any atom is 0.146 e. The normalized spacial score (nSPS) is 18.3. The minimum absolute atomic E-state index is 0.155. The van der Waals surface area contributed by atoms with Crippen molar-refractivity contribution in [3.05, 3.63) is 30.1 Å². The van der Waals surface area contributed by atoms with E-state index in [-0.39, 0.29) is 11.9 Å². The molecule has 104 valence electrons. The Hall–Kier alpha value is -1.20. The van der Waals surface area contributed by atoms with E-state index in [4.69, 9.17) is 18.0 Å². The summed E-state index contributed by atoms with van der Waals surface area (Å²) in [6, 6.07) is 7.09. The molecule has 0 radical (unpaired) electrons. The highest BCUT2D eigenvalue weighted by molar-refractivity contribution is 7.80. The van der Waals surface area contributed by atoms with Crippen LogP contribution in [0.2, 0.25) is 0 Å². The third-order valence-corrected chi connectivity index (χ3v) is 3.94. The fourth-order valence-electron chi connectivity index (χ4n) is 2.62. The van der Waals surface area contributed by atoms with Crippen LogP contribution < -0.4 is 10.6 Å². The molecular weight excluding hydrogens is 261 g/mol. The lowest BCUT2D eigenvalue weighted by Gasteiger charge is -2.39. The van der Waals surface area contributed by atoms with E-state index >= 15 is 0 Å². The summed E-state index contributed by atoms with van der Waals surface area (Å²) in [7, 11) is 0. The number of hydrogen-bond acceptors (Lipinski definition) is 3. The summed E-state index contributed by atoms with van der Waals surface area (Å²) in [6.45, 7) is 5.43. The van der Waals surface area contributed by atoms with E-state index in [1.54, 1.807) is 6.07 Å². The Morgan fingerprint density at radius 2 is 1.95 bits per heavy atom. The summed E-state index contributed by atoms with van der Waals surface area (Å²) in [4.78, 5) is 4.93. The largest absolute Gasteiger partial charge is 0.392 e. The molecule has 1 aliphatic rings. The van der Waals surface area contributed by atoms with E-state index in [2.05, 4.69) is 16.7 Å². The van der Waals surface area contributed by atoms with Crippen molar-refractivity contribution in [3.8, 4) is 0 Å². The number of rotatable bonds is 4. The number of nitrogens with two attached hydrogens (primary N) is 1. The van der Waals surface area contributed by atoms with Crippen molar-refractivity contribution in [3.63, 3.8) is 0 Å². The zero-order valence-electron chi connectivity index (χ0n) is 11.2. The number of anilines is 1. The first-order valence-electron chi connectivity index (χ1n) is 6.66. The van der Waals surface area contributed by atoms with Crippen LogP contribution >= 0.6 is 12.2 Å². The molecule has 5 heteroatoms. The maximum absolute atomic E-state index is 13.7. The lowest BCUT2D eigenvalue weighted by atomic mass is 10.1. The third-order valence-electron chi connectivity index (χ3n) is 3.66. The van der Waals surface area contributed by atoms with Crippen molar-refractivity contribution in [2.75, 3.05) is 31.1 Å². The average molecular weight is 281 g/mol. The second kappa shape index (κ2) is 6.30. The van der Waals surface area contributed by atoms with Crippen LogP contribution in [0, 0.1) is 5.82 Å². The van der Waals surface area contributed by atoms with Gasteiger partial charge in [0.05, 0.1) is 16.7 Å². The van der Waals surface area contributed by atoms with Crippen LogP contribution in [0.4, 0.5) is 10.1 Å². The molecule has 2 rings (SSSR count). The fourth-order valence-corrected chi connectivity index (χ4v) is 2.94. The van der Waals surface area contributed by atoms with Gasteiger partial charge in [0.25, 0.3) is 0 Å². The van der Waals surface area contributed by atoms with Crippen LogP contribution in [0.25, 0.3) is 0 Å². The van der Waals surface area contributed by atoms with Crippen LogP contribution in [0.5, 0.6) is 0 Å². The Morgan fingerprint density at radius 3 is 2.47 bits per heavy atom. The first kappa shape index (κ1) is 14.2. The van der Waals surface area contributed by atoms with Crippen molar-refractivity contribution in [2.45, 2.75) is 19.4 Å². The maximum atomic E-state index is 13.7. The van der Waals surface area contributed by atoms with E-state index in [0.717, 1.165) is 32.6 Å². The monoisotopic (exact) mass is 281 g/mol. The first-order chi connectivity index (χ1) is 9.13. The number of nitrogens with zero attached hydrogens (tertiary/aromatic N) is 2. The molecule has 0 bridgehead atoms. The molecule has 2 N–H and O–H groups in total. The molecule has 1 aromatic rings. The zero-order valence-corrected chi connectivity index (χ0v) is 12.0. The molecule has 1 fully saturated rings. The lowest BCUT2D eigenvalue weighted by molar-refractivity contribution is 0.224. The highest BCUT2D eigenvalue weighted by Crippen LogP contribution is 2.21. The molecule has 1 aliphatic heterocycles. The minimum atomic E-state index is -0.155. The van der Waals surface area contributed by atoms with E-state index in [1.165, 1.54) is 6.07 Å². The second-order valence-electron chi connectivity index (χ2n) is 4.80. The SMILES string of the molecule is CCC(C(N)=S)N1CCN(c2ccccc2F)CC1. The molecule has 3 nitrogen and oxygen atoms in total. The summed E-state index contributed by atoms with van der Waals surface area (Å²) in [6.07, 6.45) is 0.926. The van der Waals surface area contributed by atoms with Crippen molar-refractivity contribution >= 4 is 22.9 Å². The predicted molar refractivity (Wildman–Crippen MR) is 81.1 cm³/mol. The average Bonchev–Trinajstić information content (AvgIpc) is 2.41. The molecule has 0 aromatic heterocycles.